The number of likely N-dealkylation sites (tertiary alicyclic amines) is 2. The maximum absolute atomic E-state index is 11.7. The molecule has 0 unspecified atom stereocenters. The molecular weight excluding hydrogens is 876 g/mol. The molecule has 0 radical (unpaired) electrons. The van der Waals surface area contributed by atoms with Crippen LogP contribution in [0.5, 0.6) is 11.8 Å². The van der Waals surface area contributed by atoms with Crippen molar-refractivity contribution in [2.75, 3.05) is 33.3 Å². The summed E-state index contributed by atoms with van der Waals surface area (Å²) >= 11 is 0. The van der Waals surface area contributed by atoms with Crippen molar-refractivity contribution in [2.24, 2.45) is 22.7 Å². The van der Waals surface area contributed by atoms with Crippen LogP contribution in [0.2, 0.25) is 0 Å². The van der Waals surface area contributed by atoms with Crippen molar-refractivity contribution in [1.29, 1.82) is 0 Å². The molecule has 11 nitrogen and oxygen atoms in total. The SMILES string of the molecule is COC(=O)C1CC(N2CC3(Cc4ccc(C#Cc5ccc(OC6CCCC6)nc5)cc4C3)C2)C1.O=C(O)C1CC(N2CC3(Cc4ccc(C#Cc5ccc(OC6CCCC6)nc5)cc4C3)C2)C1.[Na+].[OH-]. The quantitative estimate of drug-likeness (QED) is 0.144. The number of ether oxygens (including phenoxy) is 3. The van der Waals surface area contributed by atoms with Crippen molar-refractivity contribution in [2.45, 2.75) is 127 Å². The summed E-state index contributed by atoms with van der Waals surface area (Å²) in [7, 11) is 1.49. The molecule has 0 amide bonds. The molecule has 12 rings (SSSR count). The number of hydrogen-bond donors (Lipinski definition) is 1. The monoisotopic (exact) mass is 938 g/mol. The molecule has 6 fully saturated rings. The number of aromatic nitrogens is 2. The summed E-state index contributed by atoms with van der Waals surface area (Å²) in [5, 5.41) is 9.11. The Balaban J connectivity index is 0.000000167. The van der Waals surface area contributed by atoms with Crippen LogP contribution in [0.25, 0.3) is 0 Å². The number of fused-ring (bicyclic) bond motifs is 2. The van der Waals surface area contributed by atoms with Gasteiger partial charge in [-0.25, -0.2) is 9.97 Å². The van der Waals surface area contributed by atoms with E-state index in [1.165, 1.54) is 55.0 Å². The minimum atomic E-state index is -0.632. The van der Waals surface area contributed by atoms with Gasteiger partial charge in [-0.2, -0.15) is 0 Å². The van der Waals surface area contributed by atoms with Gasteiger partial charge in [0.15, 0.2) is 0 Å². The molecule has 4 aromatic rings. The first-order valence-corrected chi connectivity index (χ1v) is 25.0. The van der Waals surface area contributed by atoms with Crippen LogP contribution >= 0.6 is 0 Å². The first-order chi connectivity index (χ1) is 32.6. The summed E-state index contributed by atoms with van der Waals surface area (Å²) in [5.74, 6) is 13.9. The number of carbonyl (C=O) groups excluding carboxylic acids is 1. The summed E-state index contributed by atoms with van der Waals surface area (Å²) in [4.78, 5) is 36.7. The van der Waals surface area contributed by atoms with Gasteiger partial charge in [0.05, 0.1) is 18.9 Å². The summed E-state index contributed by atoms with van der Waals surface area (Å²) in [5.41, 5.74) is 10.5. The fourth-order valence-electron chi connectivity index (χ4n) is 12.4. The van der Waals surface area contributed by atoms with Gasteiger partial charge in [0, 0.05) is 95.9 Å². The zero-order valence-corrected chi connectivity index (χ0v) is 42.3. The van der Waals surface area contributed by atoms with Crippen LogP contribution in [0.3, 0.4) is 0 Å². The molecule has 2 saturated heterocycles. The smallest absolute Gasteiger partial charge is 0.870 e. The van der Waals surface area contributed by atoms with E-state index in [1.54, 1.807) is 6.20 Å². The third kappa shape index (κ3) is 11.0. The summed E-state index contributed by atoms with van der Waals surface area (Å²) in [6.07, 6.45) is 21.9. The van der Waals surface area contributed by atoms with Gasteiger partial charge >= 0.3 is 41.5 Å². The molecule has 12 heteroatoms. The number of benzene rings is 2. The molecule has 0 bridgehead atoms. The third-order valence-corrected chi connectivity index (χ3v) is 16.3. The van der Waals surface area contributed by atoms with E-state index in [2.05, 4.69) is 79.8 Å². The Morgan fingerprint density at radius 1 is 0.580 bits per heavy atom. The molecule has 2 spiro atoms. The number of carbonyl (C=O) groups is 2. The Hall–Kier alpha value is -4.72. The Kier molecular flexibility index (Phi) is 14.9. The van der Waals surface area contributed by atoms with E-state index in [1.807, 2.05) is 30.5 Å². The van der Waals surface area contributed by atoms with E-state index in [0.717, 1.165) is 125 Å². The fraction of sp³-hybridized carbons (Fsp3) is 0.509. The molecule has 354 valence electrons. The van der Waals surface area contributed by atoms with Crippen LogP contribution in [0.4, 0.5) is 0 Å². The normalized spacial score (nSPS) is 24.6. The second-order valence-electron chi connectivity index (χ2n) is 21.3. The number of methoxy groups -OCH3 is 1. The molecule has 2 N–H and O–H groups in total. The van der Waals surface area contributed by atoms with Gasteiger partial charge in [0.2, 0.25) is 11.8 Å². The third-order valence-electron chi connectivity index (χ3n) is 16.3. The second kappa shape index (κ2) is 20.9. The summed E-state index contributed by atoms with van der Waals surface area (Å²) in [6.45, 7) is 4.48. The summed E-state index contributed by atoms with van der Waals surface area (Å²) in [6, 6.07) is 22.2. The molecule has 8 aliphatic rings. The molecule has 2 aromatic heterocycles. The minimum absolute atomic E-state index is 0. The van der Waals surface area contributed by atoms with E-state index in [9.17, 15) is 9.59 Å². The van der Waals surface area contributed by atoms with E-state index in [0.29, 0.717) is 46.9 Å². The Bertz CT molecular complexity index is 2620. The van der Waals surface area contributed by atoms with Gasteiger partial charge in [-0.15, -0.1) is 0 Å². The molecule has 6 aliphatic carbocycles. The zero-order valence-electron chi connectivity index (χ0n) is 40.3. The number of pyridine rings is 2. The van der Waals surface area contributed by atoms with Crippen molar-refractivity contribution in [1.82, 2.24) is 19.8 Å². The van der Waals surface area contributed by atoms with E-state index in [-0.39, 0.29) is 52.8 Å². The van der Waals surface area contributed by atoms with Crippen molar-refractivity contribution in [3.05, 3.63) is 118 Å². The van der Waals surface area contributed by atoms with Gasteiger partial charge in [-0.3, -0.25) is 19.4 Å². The van der Waals surface area contributed by atoms with Gasteiger partial charge in [0.25, 0.3) is 0 Å². The minimum Gasteiger partial charge on any atom is -0.870 e. The predicted octanol–water partition coefficient (Wildman–Crippen LogP) is 5.05. The topological polar surface area (TPSA) is 144 Å². The van der Waals surface area contributed by atoms with Crippen LogP contribution in [-0.4, -0.2) is 99.9 Å². The predicted molar refractivity (Wildman–Crippen MR) is 257 cm³/mol. The maximum Gasteiger partial charge on any atom is 1.00 e. The number of esters is 1. The molecule has 2 aromatic carbocycles. The largest absolute Gasteiger partial charge is 1.00 e. The molecule has 4 saturated carbocycles. The first kappa shape index (κ1) is 49.3. The fourth-order valence-corrected chi connectivity index (χ4v) is 12.4. The number of rotatable bonds is 8. The average molecular weight is 939 g/mol. The Morgan fingerprint density at radius 3 is 1.36 bits per heavy atom. The van der Waals surface area contributed by atoms with Gasteiger partial charge < -0.3 is 24.8 Å². The van der Waals surface area contributed by atoms with Crippen molar-refractivity contribution >= 4 is 11.9 Å². The molecular formula is C57H63N4NaO7. The molecule has 69 heavy (non-hydrogen) atoms. The van der Waals surface area contributed by atoms with Crippen LogP contribution in [0.15, 0.2) is 73.1 Å². The number of carboxylic acid groups (broad SMARTS) is 1. The van der Waals surface area contributed by atoms with Crippen molar-refractivity contribution < 1.29 is 63.9 Å². The maximum atomic E-state index is 11.7. The van der Waals surface area contributed by atoms with Crippen molar-refractivity contribution in [3.8, 4) is 35.4 Å². The van der Waals surface area contributed by atoms with Gasteiger partial charge in [0.1, 0.15) is 12.2 Å². The van der Waals surface area contributed by atoms with Gasteiger partial charge in [-0.05, 0) is 161 Å². The van der Waals surface area contributed by atoms with Crippen LogP contribution in [0.1, 0.15) is 122 Å². The van der Waals surface area contributed by atoms with Crippen LogP contribution < -0.4 is 39.0 Å². The Morgan fingerprint density at radius 2 is 0.971 bits per heavy atom. The van der Waals surface area contributed by atoms with Crippen LogP contribution in [-0.2, 0) is 40.0 Å². The number of aliphatic carboxylic acids is 1. The average Bonchev–Trinajstić information content (AvgIpc) is 4.12. The van der Waals surface area contributed by atoms with Crippen LogP contribution in [0, 0.1) is 46.3 Å². The van der Waals surface area contributed by atoms with E-state index < -0.39 is 5.97 Å². The standard InChI is InChI=1S/C29H32N2O3.C28H30N2O3.Na.H2O/c1-33-28(32)23-13-25(14-23)31-18-29(19-31)15-22-10-8-20(12-24(22)16-29)6-7-21-9-11-27(30-17-21)34-26-4-2-3-5-26;31-27(32)22-12-24(13-22)30-17-28(18-30)14-21-9-7-19(11-23(21)15-28)5-6-20-8-10-26(29-16-20)33-25-3-1-2-4-25;;/h8-12,17,23,25-26H,2-5,13-16,18-19H2,1H3;7-11,16,22,24-25H,1-4,12-15,17-18H2,(H,31,32);;1H2/q;;+1;/p-1. The van der Waals surface area contributed by atoms with Crippen molar-refractivity contribution in [3.63, 3.8) is 0 Å². The second-order valence-corrected chi connectivity index (χ2v) is 21.3. The van der Waals surface area contributed by atoms with E-state index >= 15 is 0 Å². The number of nitrogens with zero attached hydrogens (tertiary/aromatic N) is 4. The molecule has 2 aliphatic heterocycles. The number of carboxylic acids is 1. The molecule has 0 atom stereocenters. The first-order valence-electron chi connectivity index (χ1n) is 25.0. The summed E-state index contributed by atoms with van der Waals surface area (Å²) < 4.78 is 16.8. The number of hydrogen-bond acceptors (Lipinski definition) is 10. The van der Waals surface area contributed by atoms with Gasteiger partial charge in [-0.1, -0.05) is 35.8 Å². The Labute approximate surface area is 429 Å². The molecule has 4 heterocycles. The van der Waals surface area contributed by atoms with E-state index in [4.69, 9.17) is 19.3 Å². The zero-order chi connectivity index (χ0) is 45.5.